The van der Waals surface area contributed by atoms with Crippen molar-refractivity contribution in [3.8, 4) is 11.3 Å². The van der Waals surface area contributed by atoms with Crippen LogP contribution in [-0.2, 0) is 41.6 Å². The summed E-state index contributed by atoms with van der Waals surface area (Å²) in [6.07, 6.45) is 8.94. The van der Waals surface area contributed by atoms with E-state index in [4.69, 9.17) is 14.5 Å². The summed E-state index contributed by atoms with van der Waals surface area (Å²) in [5.74, 6) is -0.706. The number of alkyl halides is 3. The lowest BCUT2D eigenvalue weighted by molar-refractivity contribution is -0.155. The number of benzene rings is 1. The Balaban J connectivity index is 0.896. The molecule has 7 atom stereocenters. The summed E-state index contributed by atoms with van der Waals surface area (Å²) in [6.45, 7) is 13.1. The number of carbonyl (C=O) groups is 4. The van der Waals surface area contributed by atoms with Gasteiger partial charge < -0.3 is 34.5 Å². The topological polar surface area (TPSA) is 170 Å². The number of likely N-dealkylation sites (tertiary alicyclic amines) is 2. The highest BCUT2D eigenvalue weighted by Gasteiger charge is 2.51. The zero-order chi connectivity index (χ0) is 55.7. The predicted molar refractivity (Wildman–Crippen MR) is 298 cm³/mol. The Morgan fingerprint density at radius 2 is 1.73 bits per heavy atom. The Morgan fingerprint density at radius 3 is 2.46 bits per heavy atom. The Morgan fingerprint density at radius 1 is 0.950 bits per heavy atom. The third-order valence-corrected chi connectivity index (χ3v) is 19.2. The SMILES string of the molecule is CO[C@@H](C)c1ncc(N2CCN(C3CC3)CC2)cc1-c1c2c3cc(ccc3n1CC(F)(F)F)C1=CCCN(C1)C[C@H](NC(=O)[C@H](C1CCCC1)N1CC[C@]3(CCN(C(=O)[C@H]4CN4)C3)C1)C(=O)N1CCC[C@H](N1)C(=O)OCC(C)(C)C2. The van der Waals surface area contributed by atoms with Crippen LogP contribution < -0.4 is 21.0 Å². The molecule has 7 aliphatic heterocycles. The van der Waals surface area contributed by atoms with Gasteiger partial charge in [0.25, 0.3) is 5.91 Å². The highest BCUT2D eigenvalue weighted by molar-refractivity contribution is 5.95. The van der Waals surface area contributed by atoms with Gasteiger partial charge in [0.2, 0.25) is 11.8 Å². The Bertz CT molecular complexity index is 2870. The molecule has 1 aromatic carbocycles. The number of cyclic esters (lactones) is 1. The molecule has 0 radical (unpaired) electrons. The van der Waals surface area contributed by atoms with Crippen LogP contribution in [0.1, 0.15) is 114 Å². The summed E-state index contributed by atoms with van der Waals surface area (Å²) in [4.78, 5) is 74.1. The van der Waals surface area contributed by atoms with Crippen LogP contribution in [0.5, 0.6) is 0 Å². The molecule has 3 amide bonds. The first kappa shape index (κ1) is 55.4. The van der Waals surface area contributed by atoms with E-state index in [2.05, 4.69) is 41.7 Å². The molecule has 80 heavy (non-hydrogen) atoms. The van der Waals surface area contributed by atoms with E-state index in [1.54, 1.807) is 7.11 Å². The summed E-state index contributed by atoms with van der Waals surface area (Å²) in [5, 5.41) is 8.68. The van der Waals surface area contributed by atoms with E-state index in [0.717, 1.165) is 108 Å². The standard InChI is InChI=1S/C60H82F3N11O6/c1-38(79-4)51-45(28-43(30-65-51)70-25-23-69(24-26-70)42-14-15-42)53-46-29-58(2,3)37-80-57(78)47-12-8-20-74(67-47)56(77)49(33-68-19-7-11-41(32-68)40-13-16-50(44(46)27-40)73(53)36-60(61,62)63)66-54(75)52(39-9-5-6-10-39)71-21-17-59(34-71)18-22-72(35-59)55(76)48-31-64-48/h11,13,16,27-28,30,38-39,42,47-49,52,64,67H,5-10,12,14-15,17-26,29,31-37H2,1-4H3,(H,66,75)/t38-,47-,48+,49-,52-,59-/m0/s1. The molecule has 2 aliphatic carbocycles. The lowest BCUT2D eigenvalue weighted by Crippen LogP contribution is -2.63. The Hall–Kier alpha value is -5.12. The lowest BCUT2D eigenvalue weighted by atomic mass is 9.84. The second kappa shape index (κ2) is 22.2. The van der Waals surface area contributed by atoms with Crippen molar-refractivity contribution in [1.29, 1.82) is 0 Å². The van der Waals surface area contributed by atoms with E-state index < -0.39 is 48.3 Å². The average molecular weight is 1110 g/mol. The molecule has 12 rings (SSSR count). The quantitative estimate of drug-likeness (QED) is 0.153. The van der Waals surface area contributed by atoms with E-state index in [-0.39, 0.29) is 54.7 Å². The number of nitrogens with zero attached hydrogens (tertiary/aromatic N) is 8. The van der Waals surface area contributed by atoms with Crippen LogP contribution in [0, 0.1) is 16.7 Å². The van der Waals surface area contributed by atoms with Gasteiger partial charge in [0, 0.05) is 119 Å². The number of anilines is 1. The van der Waals surface area contributed by atoms with Gasteiger partial charge in [0.05, 0.1) is 48.1 Å². The number of piperazine rings is 1. The number of aromatic nitrogens is 2. The number of amides is 3. The zero-order valence-corrected chi connectivity index (χ0v) is 47.3. The molecular weight excluding hydrogens is 1030 g/mol. The predicted octanol–water partition coefficient (Wildman–Crippen LogP) is 5.91. The molecule has 6 bridgehead atoms. The molecule has 2 saturated carbocycles. The van der Waals surface area contributed by atoms with Crippen LogP contribution in [0.15, 0.2) is 36.5 Å². The lowest BCUT2D eigenvalue weighted by Gasteiger charge is -2.39. The molecule has 7 fully saturated rings. The van der Waals surface area contributed by atoms with Crippen molar-refractivity contribution >= 4 is 45.9 Å². The number of hydrogen-bond acceptors (Lipinski definition) is 13. The second-order valence-corrected chi connectivity index (χ2v) is 25.8. The molecule has 20 heteroatoms. The van der Waals surface area contributed by atoms with Gasteiger partial charge in [-0.1, -0.05) is 38.8 Å². The summed E-state index contributed by atoms with van der Waals surface area (Å²) in [5.41, 5.74) is 7.71. The van der Waals surface area contributed by atoms with Crippen LogP contribution in [0.2, 0.25) is 0 Å². The van der Waals surface area contributed by atoms with Crippen molar-refractivity contribution in [3.05, 3.63) is 53.4 Å². The largest absolute Gasteiger partial charge is 0.464 e. The van der Waals surface area contributed by atoms with Crippen LogP contribution in [0.4, 0.5) is 18.9 Å². The number of hydrazine groups is 1. The normalized spacial score (nSPS) is 29.0. The van der Waals surface area contributed by atoms with Crippen molar-refractivity contribution in [1.82, 2.24) is 50.2 Å². The molecule has 2 aromatic heterocycles. The number of rotatable bonds is 11. The molecule has 3 aromatic rings. The minimum absolute atomic E-state index is 0.0425. The van der Waals surface area contributed by atoms with Gasteiger partial charge in [-0.3, -0.25) is 43.9 Å². The highest BCUT2D eigenvalue weighted by atomic mass is 19.4. The number of carbonyl (C=O) groups excluding carboxylic acids is 4. The summed E-state index contributed by atoms with van der Waals surface area (Å²) in [7, 11) is 1.59. The van der Waals surface area contributed by atoms with E-state index in [0.29, 0.717) is 84.9 Å². The molecule has 434 valence electrons. The van der Waals surface area contributed by atoms with E-state index in [1.807, 2.05) is 56.1 Å². The van der Waals surface area contributed by atoms with E-state index in [9.17, 15) is 9.59 Å². The zero-order valence-electron chi connectivity index (χ0n) is 47.3. The van der Waals surface area contributed by atoms with Gasteiger partial charge in [-0.05, 0) is 118 Å². The van der Waals surface area contributed by atoms with E-state index in [1.165, 1.54) is 22.4 Å². The maximum absolute atomic E-state index is 15.2. The van der Waals surface area contributed by atoms with Crippen LogP contribution in [0.3, 0.4) is 0 Å². The number of ether oxygens (including phenoxy) is 2. The van der Waals surface area contributed by atoms with Crippen LogP contribution in [-0.4, -0.2) is 193 Å². The summed E-state index contributed by atoms with van der Waals surface area (Å²) >= 11 is 0. The number of hydrogen-bond donors (Lipinski definition) is 3. The van der Waals surface area contributed by atoms with Crippen LogP contribution >= 0.6 is 0 Å². The molecular formula is C60H82F3N11O6. The Labute approximate surface area is 468 Å². The van der Waals surface area contributed by atoms with Crippen molar-refractivity contribution in [2.24, 2.45) is 16.7 Å². The first-order valence-corrected chi connectivity index (χ1v) is 29.9. The minimum atomic E-state index is -4.58. The van der Waals surface area contributed by atoms with Gasteiger partial charge in [-0.25, -0.2) is 5.43 Å². The molecule has 1 spiro atoms. The third-order valence-electron chi connectivity index (χ3n) is 19.2. The molecule has 3 N–H and O–H groups in total. The van der Waals surface area contributed by atoms with Crippen molar-refractivity contribution in [3.63, 3.8) is 0 Å². The van der Waals surface area contributed by atoms with Gasteiger partial charge in [-0.2, -0.15) is 13.2 Å². The van der Waals surface area contributed by atoms with Gasteiger partial charge in [0.1, 0.15) is 18.6 Å². The maximum Gasteiger partial charge on any atom is 0.406 e. The molecule has 1 unspecified atom stereocenters. The number of halogens is 3. The van der Waals surface area contributed by atoms with Crippen molar-refractivity contribution < 1.29 is 41.8 Å². The van der Waals surface area contributed by atoms with Crippen molar-refractivity contribution in [2.75, 3.05) is 104 Å². The van der Waals surface area contributed by atoms with Gasteiger partial charge in [0.15, 0.2) is 0 Å². The smallest absolute Gasteiger partial charge is 0.406 e. The number of methoxy groups -OCH3 is 1. The fraction of sp³-hybridized carbons (Fsp3) is 0.683. The first-order chi connectivity index (χ1) is 38.4. The monoisotopic (exact) mass is 1110 g/mol. The van der Waals surface area contributed by atoms with Crippen LogP contribution in [0.25, 0.3) is 27.7 Å². The molecule has 17 nitrogen and oxygen atoms in total. The van der Waals surface area contributed by atoms with Gasteiger partial charge in [-0.15, -0.1) is 0 Å². The fourth-order valence-electron chi connectivity index (χ4n) is 14.6. The summed E-state index contributed by atoms with van der Waals surface area (Å²) < 4.78 is 59.2. The van der Waals surface area contributed by atoms with E-state index >= 15 is 22.8 Å². The maximum atomic E-state index is 15.2. The van der Waals surface area contributed by atoms with Gasteiger partial charge >= 0.3 is 12.1 Å². The number of esters is 1. The fourth-order valence-corrected chi connectivity index (χ4v) is 14.6. The third kappa shape index (κ3) is 11.6. The molecule has 9 heterocycles. The van der Waals surface area contributed by atoms with Crippen molar-refractivity contribution in [2.45, 2.75) is 147 Å². The highest BCUT2D eigenvalue weighted by Crippen LogP contribution is 2.46. The molecule has 9 aliphatic rings. The Kier molecular flexibility index (Phi) is 15.4. The molecule has 5 saturated heterocycles. The average Bonchev–Trinajstić information content (AvgIpc) is 4.34. The number of fused-ring (bicyclic) bond motifs is 6. The first-order valence-electron chi connectivity index (χ1n) is 29.9. The summed E-state index contributed by atoms with van der Waals surface area (Å²) in [6, 6.07) is 6.08. The number of pyridine rings is 1. The number of nitrogens with one attached hydrogen (secondary N) is 3. The minimum Gasteiger partial charge on any atom is -0.464 e. The second-order valence-electron chi connectivity index (χ2n) is 25.8.